The van der Waals surface area contributed by atoms with Crippen LogP contribution in [0.2, 0.25) is 0 Å². The van der Waals surface area contributed by atoms with E-state index < -0.39 is 10.0 Å². The van der Waals surface area contributed by atoms with Crippen LogP contribution >= 0.6 is 0 Å². The zero-order valence-electron chi connectivity index (χ0n) is 11.3. The number of anilines is 1. The number of aryl methyl sites for hydroxylation is 1. The number of nitrogens with one attached hydrogen (secondary N) is 1. The molecule has 0 aliphatic heterocycles. The zero-order valence-corrected chi connectivity index (χ0v) is 12.1. The number of benzene rings is 1. The van der Waals surface area contributed by atoms with Crippen molar-refractivity contribution in [3.8, 4) is 0 Å². The first kappa shape index (κ1) is 14.0. The Hall–Kier alpha value is -1.40. The summed E-state index contributed by atoms with van der Waals surface area (Å²) in [6, 6.07) is 4.95. The van der Waals surface area contributed by atoms with Crippen molar-refractivity contribution in [2.45, 2.75) is 24.7 Å². The fourth-order valence-electron chi connectivity index (χ4n) is 1.74. The molecule has 19 heavy (non-hydrogen) atoms. The normalized spacial score (nSPS) is 15.6. The highest BCUT2D eigenvalue weighted by Gasteiger charge is 2.30. The van der Waals surface area contributed by atoms with Crippen LogP contribution in [-0.4, -0.2) is 32.7 Å². The minimum Gasteiger partial charge on any atom is -0.326 e. The van der Waals surface area contributed by atoms with Gasteiger partial charge in [-0.2, -0.15) is 0 Å². The molecule has 0 spiro atoms. The van der Waals surface area contributed by atoms with Gasteiger partial charge in [-0.1, -0.05) is 6.07 Å². The first-order valence-electron chi connectivity index (χ1n) is 6.16. The van der Waals surface area contributed by atoms with Crippen molar-refractivity contribution in [3.63, 3.8) is 0 Å². The van der Waals surface area contributed by atoms with Gasteiger partial charge in [-0.25, -0.2) is 12.7 Å². The molecule has 0 unspecified atom stereocenters. The van der Waals surface area contributed by atoms with E-state index in [0.717, 1.165) is 12.8 Å². The molecule has 2 rings (SSSR count). The zero-order chi connectivity index (χ0) is 14.2. The van der Waals surface area contributed by atoms with Gasteiger partial charge < -0.3 is 5.32 Å². The number of hydrogen-bond donors (Lipinski definition) is 1. The third kappa shape index (κ3) is 2.96. The molecule has 1 fully saturated rings. The van der Waals surface area contributed by atoms with Crippen LogP contribution in [0.4, 0.5) is 5.69 Å². The standard InChI is InChI=1S/C13H18N2O3S/c1-9-4-7-11(14-13(16)10-5-6-10)8-12(9)19(17,18)15(2)3/h4,7-8,10H,5-6H2,1-3H3,(H,14,16). The van der Waals surface area contributed by atoms with E-state index >= 15 is 0 Å². The monoisotopic (exact) mass is 282 g/mol. The van der Waals surface area contributed by atoms with Gasteiger partial charge in [0.05, 0.1) is 4.90 Å². The molecular weight excluding hydrogens is 264 g/mol. The second kappa shape index (κ2) is 4.94. The van der Waals surface area contributed by atoms with Crippen molar-refractivity contribution in [2.24, 2.45) is 5.92 Å². The molecule has 1 aliphatic rings. The summed E-state index contributed by atoms with van der Waals surface area (Å²) in [6.45, 7) is 1.74. The average Bonchev–Trinajstić information content (AvgIpc) is 3.15. The van der Waals surface area contributed by atoms with Gasteiger partial charge in [0.1, 0.15) is 0 Å². The van der Waals surface area contributed by atoms with Crippen LogP contribution in [0.5, 0.6) is 0 Å². The first-order valence-corrected chi connectivity index (χ1v) is 7.60. The van der Waals surface area contributed by atoms with E-state index in [4.69, 9.17) is 0 Å². The van der Waals surface area contributed by atoms with Crippen LogP contribution < -0.4 is 5.32 Å². The van der Waals surface area contributed by atoms with E-state index in [1.165, 1.54) is 24.5 Å². The maximum atomic E-state index is 12.2. The van der Waals surface area contributed by atoms with Crippen molar-refractivity contribution in [1.29, 1.82) is 0 Å². The first-order chi connectivity index (χ1) is 8.82. The van der Waals surface area contributed by atoms with Crippen LogP contribution in [0.3, 0.4) is 0 Å². The van der Waals surface area contributed by atoms with Crippen molar-refractivity contribution < 1.29 is 13.2 Å². The largest absolute Gasteiger partial charge is 0.326 e. The number of hydrogen-bond acceptors (Lipinski definition) is 3. The number of carbonyl (C=O) groups is 1. The summed E-state index contributed by atoms with van der Waals surface area (Å²) in [6.07, 6.45) is 1.83. The third-order valence-corrected chi connectivity index (χ3v) is 5.12. The van der Waals surface area contributed by atoms with Gasteiger partial charge in [0.2, 0.25) is 15.9 Å². The smallest absolute Gasteiger partial charge is 0.242 e. The SMILES string of the molecule is Cc1ccc(NC(=O)C2CC2)cc1S(=O)(=O)N(C)C. The highest BCUT2D eigenvalue weighted by Crippen LogP contribution is 2.31. The molecule has 1 aromatic carbocycles. The van der Waals surface area contributed by atoms with E-state index in [-0.39, 0.29) is 16.7 Å². The molecule has 1 aromatic rings. The van der Waals surface area contributed by atoms with Gasteiger partial charge >= 0.3 is 0 Å². The lowest BCUT2D eigenvalue weighted by Gasteiger charge is -2.15. The van der Waals surface area contributed by atoms with Crippen molar-refractivity contribution in [1.82, 2.24) is 4.31 Å². The Morgan fingerprint density at radius 3 is 2.47 bits per heavy atom. The van der Waals surface area contributed by atoms with Crippen molar-refractivity contribution >= 4 is 21.6 Å². The summed E-state index contributed by atoms with van der Waals surface area (Å²) in [7, 11) is -0.508. The number of amides is 1. The van der Waals surface area contributed by atoms with E-state index in [1.54, 1.807) is 19.1 Å². The van der Waals surface area contributed by atoms with Crippen molar-refractivity contribution in [3.05, 3.63) is 23.8 Å². The molecule has 0 radical (unpaired) electrons. The minimum absolute atomic E-state index is 0.0305. The van der Waals surface area contributed by atoms with Gasteiger partial charge in [0.15, 0.2) is 0 Å². The fourth-order valence-corrected chi connectivity index (χ4v) is 2.89. The molecule has 0 saturated heterocycles. The molecule has 0 heterocycles. The van der Waals surface area contributed by atoms with Gasteiger partial charge in [-0.15, -0.1) is 0 Å². The summed E-state index contributed by atoms with van der Waals surface area (Å²) in [5, 5.41) is 2.76. The third-order valence-electron chi connectivity index (χ3n) is 3.16. The molecule has 0 bridgehead atoms. The minimum atomic E-state index is -3.49. The van der Waals surface area contributed by atoms with E-state index in [2.05, 4.69) is 5.32 Å². The van der Waals surface area contributed by atoms with Crippen molar-refractivity contribution in [2.75, 3.05) is 19.4 Å². The number of nitrogens with zero attached hydrogens (tertiary/aromatic N) is 1. The van der Waals surface area contributed by atoms with Crippen LogP contribution in [-0.2, 0) is 14.8 Å². The quantitative estimate of drug-likeness (QED) is 0.912. The van der Waals surface area contributed by atoms with Gasteiger partial charge in [0.25, 0.3) is 0 Å². The summed E-state index contributed by atoms with van der Waals surface area (Å²) >= 11 is 0. The number of carbonyl (C=O) groups excluding carboxylic acids is 1. The fraction of sp³-hybridized carbons (Fsp3) is 0.462. The Bertz CT molecular complexity index is 604. The van der Waals surface area contributed by atoms with Crippen LogP contribution in [0.15, 0.2) is 23.1 Å². The number of rotatable bonds is 4. The molecule has 1 amide bonds. The lowest BCUT2D eigenvalue weighted by Crippen LogP contribution is -2.23. The van der Waals surface area contributed by atoms with Gasteiger partial charge in [-0.05, 0) is 37.5 Å². The Balaban J connectivity index is 2.31. The highest BCUT2D eigenvalue weighted by atomic mass is 32.2. The van der Waals surface area contributed by atoms with Crippen LogP contribution in [0.1, 0.15) is 18.4 Å². The molecule has 5 nitrogen and oxygen atoms in total. The summed E-state index contributed by atoms with van der Waals surface area (Å²) in [5.41, 5.74) is 1.20. The number of sulfonamides is 1. The molecule has 6 heteroatoms. The predicted octanol–water partition coefficient (Wildman–Crippen LogP) is 1.59. The van der Waals surface area contributed by atoms with Gasteiger partial charge in [-0.3, -0.25) is 4.79 Å². The second-order valence-corrected chi connectivity index (χ2v) is 7.15. The summed E-state index contributed by atoms with van der Waals surface area (Å²) in [5.74, 6) is 0.0623. The molecule has 104 valence electrons. The Morgan fingerprint density at radius 2 is 1.95 bits per heavy atom. The Kier molecular flexibility index (Phi) is 3.64. The Labute approximate surface area is 113 Å². The molecular formula is C13H18N2O3S. The topological polar surface area (TPSA) is 66.5 Å². The lowest BCUT2D eigenvalue weighted by molar-refractivity contribution is -0.117. The van der Waals surface area contributed by atoms with E-state index in [0.29, 0.717) is 11.3 Å². The molecule has 1 saturated carbocycles. The summed E-state index contributed by atoms with van der Waals surface area (Å²) < 4.78 is 25.5. The summed E-state index contributed by atoms with van der Waals surface area (Å²) in [4.78, 5) is 11.9. The molecule has 1 aliphatic carbocycles. The second-order valence-electron chi connectivity index (χ2n) is 5.03. The lowest BCUT2D eigenvalue weighted by atomic mass is 10.2. The van der Waals surface area contributed by atoms with Crippen LogP contribution in [0.25, 0.3) is 0 Å². The maximum Gasteiger partial charge on any atom is 0.242 e. The highest BCUT2D eigenvalue weighted by molar-refractivity contribution is 7.89. The van der Waals surface area contributed by atoms with E-state index in [9.17, 15) is 13.2 Å². The molecule has 1 N–H and O–H groups in total. The van der Waals surface area contributed by atoms with Crippen LogP contribution in [0, 0.1) is 12.8 Å². The molecule has 0 atom stereocenters. The predicted molar refractivity (Wildman–Crippen MR) is 73.4 cm³/mol. The van der Waals surface area contributed by atoms with E-state index in [1.807, 2.05) is 0 Å². The maximum absolute atomic E-state index is 12.2. The van der Waals surface area contributed by atoms with Gasteiger partial charge in [0, 0.05) is 25.7 Å². The molecule has 0 aromatic heterocycles. The average molecular weight is 282 g/mol. The Morgan fingerprint density at radius 1 is 1.32 bits per heavy atom.